The number of rotatable bonds is 5. The van der Waals surface area contributed by atoms with Crippen LogP contribution in [0.2, 0.25) is 0 Å². The number of nitrogens with two attached hydrogens (primary N) is 1. The third kappa shape index (κ3) is 3.84. The topological polar surface area (TPSA) is 46.3 Å². The zero-order valence-corrected chi connectivity index (χ0v) is 11.8. The summed E-state index contributed by atoms with van der Waals surface area (Å²) in [6, 6.07) is 7.26. The molecule has 3 heteroatoms. The van der Waals surface area contributed by atoms with E-state index in [4.69, 9.17) is 5.73 Å². The van der Waals surface area contributed by atoms with Crippen molar-refractivity contribution in [2.45, 2.75) is 33.2 Å². The monoisotopic (exact) mass is 248 g/mol. The first-order valence-corrected chi connectivity index (χ1v) is 6.52. The molecule has 0 spiro atoms. The Hall–Kier alpha value is -1.35. The molecule has 0 aromatic heterocycles. The molecule has 0 bridgehead atoms. The number of amides is 1. The molecule has 1 rings (SSSR count). The summed E-state index contributed by atoms with van der Waals surface area (Å²) < 4.78 is 0. The number of benzene rings is 1. The van der Waals surface area contributed by atoms with Crippen LogP contribution in [0, 0.1) is 12.8 Å². The van der Waals surface area contributed by atoms with Crippen molar-refractivity contribution in [3.8, 4) is 0 Å². The molecule has 1 aromatic rings. The van der Waals surface area contributed by atoms with Gasteiger partial charge < -0.3 is 10.6 Å². The van der Waals surface area contributed by atoms with E-state index >= 15 is 0 Å². The van der Waals surface area contributed by atoms with Crippen LogP contribution in [0.4, 0.5) is 0 Å². The normalized spacial score (nSPS) is 14.1. The van der Waals surface area contributed by atoms with Gasteiger partial charge in [0.25, 0.3) is 0 Å². The van der Waals surface area contributed by atoms with Gasteiger partial charge >= 0.3 is 0 Å². The largest absolute Gasteiger partial charge is 0.344 e. The molecular weight excluding hydrogens is 224 g/mol. The predicted molar refractivity (Wildman–Crippen MR) is 75.2 cm³/mol. The van der Waals surface area contributed by atoms with Gasteiger partial charge in [-0.25, -0.2) is 0 Å². The lowest BCUT2D eigenvalue weighted by molar-refractivity contribution is -0.131. The summed E-state index contributed by atoms with van der Waals surface area (Å²) in [7, 11) is 1.82. The molecule has 100 valence electrons. The van der Waals surface area contributed by atoms with Crippen LogP contribution in [0.5, 0.6) is 0 Å². The van der Waals surface area contributed by atoms with Gasteiger partial charge in [0.15, 0.2) is 0 Å². The summed E-state index contributed by atoms with van der Waals surface area (Å²) in [6.45, 7) is 7.05. The summed E-state index contributed by atoms with van der Waals surface area (Å²) in [5, 5.41) is 0. The summed E-state index contributed by atoms with van der Waals surface area (Å²) in [5.41, 5.74) is 8.06. The quantitative estimate of drug-likeness (QED) is 0.870. The van der Waals surface area contributed by atoms with Crippen molar-refractivity contribution in [2.24, 2.45) is 11.7 Å². The number of carbonyl (C=O) groups excluding carboxylic acids is 1. The second kappa shape index (κ2) is 6.55. The Balaban J connectivity index is 2.68. The van der Waals surface area contributed by atoms with E-state index in [-0.39, 0.29) is 5.91 Å². The van der Waals surface area contributed by atoms with E-state index in [1.807, 2.05) is 38.2 Å². The molecule has 0 aliphatic heterocycles. The average molecular weight is 248 g/mol. The van der Waals surface area contributed by atoms with E-state index in [0.717, 1.165) is 18.5 Å². The van der Waals surface area contributed by atoms with Crippen LogP contribution in [-0.4, -0.2) is 24.4 Å². The number of nitrogens with zero attached hydrogens (tertiary/aromatic N) is 1. The Labute approximate surface area is 110 Å². The van der Waals surface area contributed by atoms with Gasteiger partial charge in [-0.2, -0.15) is 0 Å². The van der Waals surface area contributed by atoms with E-state index in [2.05, 4.69) is 13.8 Å². The smallest absolute Gasteiger partial charge is 0.243 e. The summed E-state index contributed by atoms with van der Waals surface area (Å²) in [5.74, 6) is 0.489. The van der Waals surface area contributed by atoms with Gasteiger partial charge in [-0.05, 0) is 18.4 Å². The van der Waals surface area contributed by atoms with Crippen LogP contribution in [-0.2, 0) is 4.79 Å². The molecule has 0 aliphatic carbocycles. The maximum absolute atomic E-state index is 12.2. The molecular formula is C15H24N2O. The van der Waals surface area contributed by atoms with Gasteiger partial charge in [0.2, 0.25) is 5.91 Å². The van der Waals surface area contributed by atoms with Gasteiger partial charge in [-0.15, -0.1) is 0 Å². The number of aryl methyl sites for hydroxylation is 1. The predicted octanol–water partition coefficient (Wildman–Crippen LogP) is 2.50. The van der Waals surface area contributed by atoms with Gasteiger partial charge in [0, 0.05) is 13.6 Å². The molecule has 0 saturated heterocycles. The third-order valence-electron chi connectivity index (χ3n) is 3.36. The molecule has 3 nitrogen and oxygen atoms in total. The molecule has 1 amide bonds. The van der Waals surface area contributed by atoms with Crippen molar-refractivity contribution in [3.63, 3.8) is 0 Å². The van der Waals surface area contributed by atoms with Crippen molar-refractivity contribution in [3.05, 3.63) is 35.4 Å². The molecule has 2 atom stereocenters. The maximum atomic E-state index is 12.2. The Morgan fingerprint density at radius 1 is 1.33 bits per heavy atom. The van der Waals surface area contributed by atoms with Crippen LogP contribution in [0.25, 0.3) is 0 Å². The Bertz CT molecular complexity index is 386. The van der Waals surface area contributed by atoms with Gasteiger partial charge in [0.05, 0.1) is 0 Å². The van der Waals surface area contributed by atoms with Gasteiger partial charge in [-0.3, -0.25) is 4.79 Å². The highest BCUT2D eigenvalue weighted by Gasteiger charge is 2.20. The minimum atomic E-state index is -0.556. The molecule has 2 N–H and O–H groups in total. The minimum absolute atomic E-state index is 0.0147. The van der Waals surface area contributed by atoms with E-state index in [1.54, 1.807) is 4.90 Å². The minimum Gasteiger partial charge on any atom is -0.344 e. The number of likely N-dealkylation sites (N-methyl/N-ethyl adjacent to an activating group) is 1. The fourth-order valence-electron chi connectivity index (χ4n) is 1.84. The van der Waals surface area contributed by atoms with E-state index in [9.17, 15) is 4.79 Å². The summed E-state index contributed by atoms with van der Waals surface area (Å²) in [6.07, 6.45) is 1.07. The van der Waals surface area contributed by atoms with Crippen molar-refractivity contribution < 1.29 is 4.79 Å². The first kappa shape index (κ1) is 14.7. The van der Waals surface area contributed by atoms with Crippen molar-refractivity contribution in [1.29, 1.82) is 0 Å². The second-order valence-electron chi connectivity index (χ2n) is 5.12. The Morgan fingerprint density at radius 2 is 1.89 bits per heavy atom. The van der Waals surface area contributed by atoms with Crippen LogP contribution in [0.15, 0.2) is 24.3 Å². The molecule has 2 unspecified atom stereocenters. The molecule has 18 heavy (non-hydrogen) atoms. The van der Waals surface area contributed by atoms with Gasteiger partial charge in [-0.1, -0.05) is 50.1 Å². The molecule has 0 radical (unpaired) electrons. The molecule has 0 fully saturated rings. The number of hydrogen-bond acceptors (Lipinski definition) is 2. The van der Waals surface area contributed by atoms with Gasteiger partial charge in [0.1, 0.15) is 6.04 Å². The molecule has 0 heterocycles. The summed E-state index contributed by atoms with van der Waals surface area (Å²) in [4.78, 5) is 13.9. The third-order valence-corrected chi connectivity index (χ3v) is 3.36. The first-order chi connectivity index (χ1) is 8.45. The highest BCUT2D eigenvalue weighted by atomic mass is 16.2. The second-order valence-corrected chi connectivity index (χ2v) is 5.12. The van der Waals surface area contributed by atoms with E-state index in [1.165, 1.54) is 5.56 Å². The zero-order valence-electron chi connectivity index (χ0n) is 11.8. The molecule has 1 aromatic carbocycles. The van der Waals surface area contributed by atoms with Crippen LogP contribution in [0.3, 0.4) is 0 Å². The zero-order chi connectivity index (χ0) is 13.7. The van der Waals surface area contributed by atoms with Crippen LogP contribution >= 0.6 is 0 Å². The summed E-state index contributed by atoms with van der Waals surface area (Å²) >= 11 is 0. The van der Waals surface area contributed by atoms with Crippen molar-refractivity contribution in [2.75, 3.05) is 13.6 Å². The van der Waals surface area contributed by atoms with E-state index < -0.39 is 6.04 Å². The van der Waals surface area contributed by atoms with Crippen molar-refractivity contribution >= 4 is 5.91 Å². The lowest BCUT2D eigenvalue weighted by atomic mass is 10.0. The van der Waals surface area contributed by atoms with Crippen molar-refractivity contribution in [1.82, 2.24) is 4.90 Å². The number of carbonyl (C=O) groups is 1. The highest BCUT2D eigenvalue weighted by Crippen LogP contribution is 2.14. The SMILES string of the molecule is CCC(C)CN(C)C(=O)C(N)c1ccc(C)cc1. The van der Waals surface area contributed by atoms with Crippen LogP contribution in [0.1, 0.15) is 37.4 Å². The molecule has 0 saturated carbocycles. The Kier molecular flexibility index (Phi) is 5.35. The lowest BCUT2D eigenvalue weighted by Crippen LogP contribution is -2.38. The first-order valence-electron chi connectivity index (χ1n) is 6.52. The maximum Gasteiger partial charge on any atom is 0.243 e. The fourth-order valence-corrected chi connectivity index (χ4v) is 1.84. The fraction of sp³-hybridized carbons (Fsp3) is 0.533. The lowest BCUT2D eigenvalue weighted by Gasteiger charge is -2.24. The van der Waals surface area contributed by atoms with Crippen LogP contribution < -0.4 is 5.73 Å². The standard InChI is InChI=1S/C15H24N2O/c1-5-11(2)10-17(4)15(18)14(16)13-8-6-12(3)7-9-13/h6-9,11,14H,5,10,16H2,1-4H3. The number of hydrogen-bond donors (Lipinski definition) is 1. The Morgan fingerprint density at radius 3 is 2.39 bits per heavy atom. The highest BCUT2D eigenvalue weighted by molar-refractivity contribution is 5.82. The molecule has 0 aliphatic rings. The van der Waals surface area contributed by atoms with E-state index in [0.29, 0.717) is 5.92 Å². The average Bonchev–Trinajstić information content (AvgIpc) is 2.37.